The Balaban J connectivity index is 1.78. The maximum atomic E-state index is 10.8. The van der Waals surface area contributed by atoms with Crippen molar-refractivity contribution in [3.63, 3.8) is 0 Å². The normalized spacial score (nSPS) is 16.7. The van der Waals surface area contributed by atoms with E-state index >= 15 is 0 Å². The number of aromatic carboxylic acids is 1. The fraction of sp³-hybridized carbons (Fsp3) is 0.500. The molecule has 0 unspecified atom stereocenters. The average Bonchev–Trinajstić information content (AvgIpc) is 2.40. The van der Waals surface area contributed by atoms with Crippen molar-refractivity contribution < 1.29 is 14.6 Å². The molecule has 2 N–H and O–H groups in total. The predicted octanol–water partition coefficient (Wildman–Crippen LogP) is 1.90. The van der Waals surface area contributed by atoms with E-state index in [1.54, 1.807) is 18.2 Å². The molecule has 0 saturated carbocycles. The average molecular weight is 249 g/mol. The van der Waals surface area contributed by atoms with Gasteiger partial charge >= 0.3 is 5.97 Å². The molecular formula is C14H19NO3. The van der Waals surface area contributed by atoms with Crippen molar-refractivity contribution in [1.82, 2.24) is 5.32 Å². The Bertz CT molecular complexity index is 400. The van der Waals surface area contributed by atoms with Crippen molar-refractivity contribution in [2.45, 2.75) is 19.4 Å². The molecule has 4 heteroatoms. The van der Waals surface area contributed by atoms with Crippen LogP contribution in [0, 0.1) is 5.92 Å². The summed E-state index contributed by atoms with van der Waals surface area (Å²) in [4.78, 5) is 10.8. The van der Waals surface area contributed by atoms with E-state index in [9.17, 15) is 4.79 Å². The minimum Gasteiger partial charge on any atom is -0.478 e. The summed E-state index contributed by atoms with van der Waals surface area (Å²) in [6, 6.07) is 7.07. The van der Waals surface area contributed by atoms with Crippen LogP contribution in [0.4, 0.5) is 0 Å². The Kier molecular flexibility index (Phi) is 4.73. The minimum atomic E-state index is -0.874. The number of carbonyl (C=O) groups is 1. The Labute approximate surface area is 107 Å². The van der Waals surface area contributed by atoms with E-state index in [0.717, 1.165) is 44.7 Å². The molecule has 1 saturated heterocycles. The van der Waals surface area contributed by atoms with Crippen molar-refractivity contribution >= 4 is 5.97 Å². The minimum absolute atomic E-state index is 0.348. The smallest absolute Gasteiger partial charge is 0.335 e. The predicted molar refractivity (Wildman–Crippen MR) is 68.7 cm³/mol. The molecule has 18 heavy (non-hydrogen) atoms. The lowest BCUT2D eigenvalue weighted by Crippen LogP contribution is -2.27. The van der Waals surface area contributed by atoms with Gasteiger partial charge in [0.15, 0.2) is 0 Å². The lowest BCUT2D eigenvalue weighted by Gasteiger charge is -2.22. The highest BCUT2D eigenvalue weighted by molar-refractivity contribution is 5.87. The molecule has 4 nitrogen and oxygen atoms in total. The van der Waals surface area contributed by atoms with Crippen LogP contribution in [0.15, 0.2) is 24.3 Å². The monoisotopic (exact) mass is 249 g/mol. The maximum absolute atomic E-state index is 10.8. The highest BCUT2D eigenvalue weighted by atomic mass is 16.5. The molecule has 1 fully saturated rings. The fourth-order valence-electron chi connectivity index (χ4n) is 2.19. The summed E-state index contributed by atoms with van der Waals surface area (Å²) in [7, 11) is 0. The number of nitrogens with one attached hydrogen (secondary N) is 1. The molecule has 1 aromatic carbocycles. The third-order valence-corrected chi connectivity index (χ3v) is 3.28. The van der Waals surface area contributed by atoms with E-state index in [1.807, 2.05) is 6.07 Å². The second-order valence-electron chi connectivity index (χ2n) is 4.69. The summed E-state index contributed by atoms with van der Waals surface area (Å²) in [5.41, 5.74) is 1.36. The number of ether oxygens (including phenoxy) is 1. The van der Waals surface area contributed by atoms with E-state index in [1.165, 1.54) is 0 Å². The van der Waals surface area contributed by atoms with Crippen LogP contribution < -0.4 is 5.32 Å². The van der Waals surface area contributed by atoms with E-state index in [-0.39, 0.29) is 0 Å². The summed E-state index contributed by atoms with van der Waals surface area (Å²) in [5.74, 6) is -0.192. The second kappa shape index (κ2) is 6.52. The molecule has 0 bridgehead atoms. The molecule has 1 heterocycles. The molecule has 1 aliphatic rings. The van der Waals surface area contributed by atoms with Gasteiger partial charge in [-0.1, -0.05) is 12.1 Å². The lowest BCUT2D eigenvalue weighted by molar-refractivity contribution is 0.0661. The van der Waals surface area contributed by atoms with Crippen molar-refractivity contribution in [3.05, 3.63) is 35.4 Å². The molecule has 0 spiro atoms. The molecule has 1 aliphatic heterocycles. The number of benzene rings is 1. The largest absolute Gasteiger partial charge is 0.478 e. The Hall–Kier alpha value is -1.39. The SMILES string of the molecule is O=C(O)c1cccc(CNCC2CCOCC2)c1. The first-order valence-electron chi connectivity index (χ1n) is 6.36. The summed E-state index contributed by atoms with van der Waals surface area (Å²) < 4.78 is 5.31. The molecule has 1 aromatic rings. The fourth-order valence-corrected chi connectivity index (χ4v) is 2.19. The summed E-state index contributed by atoms with van der Waals surface area (Å²) in [6.45, 7) is 3.42. The molecule has 2 rings (SSSR count). The van der Waals surface area contributed by atoms with Crippen molar-refractivity contribution in [3.8, 4) is 0 Å². The van der Waals surface area contributed by atoms with Gasteiger partial charge in [0.25, 0.3) is 0 Å². The summed E-state index contributed by atoms with van der Waals surface area (Å²) in [5, 5.41) is 12.3. The molecular weight excluding hydrogens is 230 g/mol. The molecule has 0 aromatic heterocycles. The van der Waals surface area contributed by atoms with Crippen LogP contribution in [-0.4, -0.2) is 30.8 Å². The first-order valence-corrected chi connectivity index (χ1v) is 6.36. The van der Waals surface area contributed by atoms with Crippen LogP contribution in [-0.2, 0) is 11.3 Å². The number of carboxylic acid groups (broad SMARTS) is 1. The van der Waals surface area contributed by atoms with Crippen LogP contribution in [0.5, 0.6) is 0 Å². The zero-order valence-electron chi connectivity index (χ0n) is 10.4. The number of rotatable bonds is 5. The van der Waals surface area contributed by atoms with E-state index in [0.29, 0.717) is 11.5 Å². The van der Waals surface area contributed by atoms with Gasteiger partial charge in [0.05, 0.1) is 5.56 Å². The van der Waals surface area contributed by atoms with Gasteiger partial charge in [-0.05, 0) is 43.0 Å². The topological polar surface area (TPSA) is 58.6 Å². The third kappa shape index (κ3) is 3.82. The van der Waals surface area contributed by atoms with Crippen molar-refractivity contribution in [2.24, 2.45) is 5.92 Å². The lowest BCUT2D eigenvalue weighted by atomic mass is 10.0. The Morgan fingerprint density at radius 3 is 2.89 bits per heavy atom. The van der Waals surface area contributed by atoms with Gasteiger partial charge in [-0.3, -0.25) is 0 Å². The maximum Gasteiger partial charge on any atom is 0.335 e. The van der Waals surface area contributed by atoms with E-state index in [2.05, 4.69) is 5.32 Å². The van der Waals surface area contributed by atoms with Crippen LogP contribution in [0.1, 0.15) is 28.8 Å². The number of carboxylic acids is 1. The van der Waals surface area contributed by atoms with E-state index < -0.39 is 5.97 Å². The van der Waals surface area contributed by atoms with Gasteiger partial charge in [-0.25, -0.2) is 4.79 Å². The van der Waals surface area contributed by atoms with Gasteiger partial charge in [0.2, 0.25) is 0 Å². The molecule has 0 aliphatic carbocycles. The second-order valence-corrected chi connectivity index (χ2v) is 4.69. The van der Waals surface area contributed by atoms with Crippen LogP contribution in [0.2, 0.25) is 0 Å². The molecule has 0 radical (unpaired) electrons. The molecule has 0 amide bonds. The zero-order valence-corrected chi connectivity index (χ0v) is 10.4. The highest BCUT2D eigenvalue weighted by Crippen LogP contribution is 2.13. The molecule has 0 atom stereocenters. The third-order valence-electron chi connectivity index (χ3n) is 3.28. The van der Waals surface area contributed by atoms with Gasteiger partial charge in [-0.15, -0.1) is 0 Å². The van der Waals surface area contributed by atoms with Gasteiger partial charge in [0, 0.05) is 19.8 Å². The van der Waals surface area contributed by atoms with Crippen molar-refractivity contribution in [1.29, 1.82) is 0 Å². The number of hydrogen-bond acceptors (Lipinski definition) is 3. The zero-order chi connectivity index (χ0) is 12.8. The Morgan fingerprint density at radius 1 is 1.39 bits per heavy atom. The first kappa shape index (κ1) is 13.1. The van der Waals surface area contributed by atoms with Crippen LogP contribution >= 0.6 is 0 Å². The standard InChI is InChI=1S/C14H19NO3/c16-14(17)13-3-1-2-12(8-13)10-15-9-11-4-6-18-7-5-11/h1-3,8,11,15H,4-7,9-10H2,(H,16,17). The van der Waals surface area contributed by atoms with Crippen LogP contribution in [0.3, 0.4) is 0 Å². The van der Waals surface area contributed by atoms with Gasteiger partial charge in [-0.2, -0.15) is 0 Å². The van der Waals surface area contributed by atoms with Crippen LogP contribution in [0.25, 0.3) is 0 Å². The summed E-state index contributed by atoms with van der Waals surface area (Å²) >= 11 is 0. The van der Waals surface area contributed by atoms with Gasteiger partial charge in [0.1, 0.15) is 0 Å². The quantitative estimate of drug-likeness (QED) is 0.836. The summed E-state index contributed by atoms with van der Waals surface area (Å²) in [6.07, 6.45) is 2.23. The highest BCUT2D eigenvalue weighted by Gasteiger charge is 2.12. The van der Waals surface area contributed by atoms with E-state index in [4.69, 9.17) is 9.84 Å². The van der Waals surface area contributed by atoms with Crippen molar-refractivity contribution in [2.75, 3.05) is 19.8 Å². The first-order chi connectivity index (χ1) is 8.75. The number of hydrogen-bond donors (Lipinski definition) is 2. The Morgan fingerprint density at radius 2 is 2.17 bits per heavy atom. The molecule has 98 valence electrons. The van der Waals surface area contributed by atoms with Gasteiger partial charge < -0.3 is 15.2 Å².